The number of piperazine rings is 1. The van der Waals surface area contributed by atoms with Gasteiger partial charge in [0.15, 0.2) is 5.82 Å². The lowest BCUT2D eigenvalue weighted by Gasteiger charge is -2.36. The van der Waals surface area contributed by atoms with E-state index in [2.05, 4.69) is 20.6 Å². The van der Waals surface area contributed by atoms with Crippen molar-refractivity contribution in [3.8, 4) is 17.3 Å². The van der Waals surface area contributed by atoms with Crippen molar-refractivity contribution in [2.75, 3.05) is 39.3 Å². The molecule has 13 nitrogen and oxygen atoms in total. The van der Waals surface area contributed by atoms with Crippen molar-refractivity contribution in [2.45, 2.75) is 71.1 Å². The smallest absolute Gasteiger partial charge is 0.409 e. The SMILES string of the molecule is CCOC(=O)N1CCN(C(=O)[C@H](CNC(=O)OC(C)(C)C)NC(=O)c2cc(OC3CCCC3)nc(-c3ccccc3)n2)CC1. The standard InChI is InChI=1S/C31H42N6O7/c1-5-42-30(41)37-17-15-36(16-18-37)28(39)24(20-32-29(40)44-31(2,3)4)34-27(38)23-19-25(43-22-13-9-10-14-22)35-26(33-23)21-11-7-6-8-12-21/h6-8,11-12,19,22,24H,5,9-10,13-18,20H2,1-4H3,(H,32,40)(H,34,38)/t24-/m0/s1. The Morgan fingerprint density at radius 3 is 2.27 bits per heavy atom. The molecule has 2 N–H and O–H groups in total. The number of carbonyl (C=O) groups is 4. The van der Waals surface area contributed by atoms with E-state index in [4.69, 9.17) is 14.2 Å². The lowest BCUT2D eigenvalue weighted by molar-refractivity contribution is -0.134. The average molecular weight is 611 g/mol. The Kier molecular flexibility index (Phi) is 11.0. The van der Waals surface area contributed by atoms with Crippen LogP contribution in [-0.2, 0) is 14.3 Å². The van der Waals surface area contributed by atoms with E-state index >= 15 is 0 Å². The number of aromatic nitrogens is 2. The van der Waals surface area contributed by atoms with Crippen molar-refractivity contribution in [2.24, 2.45) is 0 Å². The Morgan fingerprint density at radius 1 is 0.977 bits per heavy atom. The van der Waals surface area contributed by atoms with Crippen LogP contribution in [0.2, 0.25) is 0 Å². The Bertz CT molecular complexity index is 1300. The fraction of sp³-hybridized carbons (Fsp3) is 0.548. The summed E-state index contributed by atoms with van der Waals surface area (Å²) in [4.78, 5) is 64.0. The maximum absolute atomic E-state index is 13.7. The minimum Gasteiger partial charge on any atom is -0.474 e. The molecule has 1 aromatic carbocycles. The van der Waals surface area contributed by atoms with Gasteiger partial charge in [0.2, 0.25) is 11.8 Å². The van der Waals surface area contributed by atoms with Gasteiger partial charge in [-0.3, -0.25) is 9.59 Å². The second-order valence-corrected chi connectivity index (χ2v) is 11.7. The van der Waals surface area contributed by atoms with Crippen LogP contribution in [0.25, 0.3) is 11.4 Å². The third-order valence-corrected chi connectivity index (χ3v) is 7.13. The van der Waals surface area contributed by atoms with Crippen molar-refractivity contribution in [1.82, 2.24) is 30.4 Å². The molecule has 44 heavy (non-hydrogen) atoms. The lowest BCUT2D eigenvalue weighted by atomic mass is 10.2. The summed E-state index contributed by atoms with van der Waals surface area (Å²) in [6.45, 7) is 7.97. The zero-order valence-electron chi connectivity index (χ0n) is 25.8. The largest absolute Gasteiger partial charge is 0.474 e. The first-order valence-electron chi connectivity index (χ1n) is 15.1. The monoisotopic (exact) mass is 610 g/mol. The predicted molar refractivity (Wildman–Crippen MR) is 161 cm³/mol. The molecule has 0 unspecified atom stereocenters. The highest BCUT2D eigenvalue weighted by atomic mass is 16.6. The number of benzene rings is 1. The molecule has 1 aliphatic carbocycles. The molecular formula is C31H42N6O7. The zero-order valence-corrected chi connectivity index (χ0v) is 25.8. The molecule has 0 radical (unpaired) electrons. The molecule has 0 spiro atoms. The van der Waals surface area contributed by atoms with E-state index in [0.717, 1.165) is 25.7 Å². The van der Waals surface area contributed by atoms with E-state index in [1.165, 1.54) is 11.0 Å². The first-order chi connectivity index (χ1) is 21.0. The van der Waals surface area contributed by atoms with Crippen LogP contribution >= 0.6 is 0 Å². The van der Waals surface area contributed by atoms with Gasteiger partial charge in [-0.25, -0.2) is 14.6 Å². The molecule has 238 valence electrons. The summed E-state index contributed by atoms with van der Waals surface area (Å²) in [5.74, 6) is -0.454. The molecule has 0 bridgehead atoms. The zero-order chi connectivity index (χ0) is 31.7. The highest BCUT2D eigenvalue weighted by Crippen LogP contribution is 2.25. The van der Waals surface area contributed by atoms with Gasteiger partial charge in [-0.1, -0.05) is 30.3 Å². The van der Waals surface area contributed by atoms with Gasteiger partial charge >= 0.3 is 12.2 Å². The minimum absolute atomic E-state index is 0.00469. The van der Waals surface area contributed by atoms with Crippen LogP contribution in [0.1, 0.15) is 63.9 Å². The van der Waals surface area contributed by atoms with E-state index < -0.39 is 35.6 Å². The van der Waals surface area contributed by atoms with Crippen LogP contribution < -0.4 is 15.4 Å². The maximum Gasteiger partial charge on any atom is 0.409 e. The van der Waals surface area contributed by atoms with E-state index in [0.29, 0.717) is 11.4 Å². The normalized spacial score (nSPS) is 16.2. The van der Waals surface area contributed by atoms with Gasteiger partial charge in [-0.05, 0) is 53.4 Å². The van der Waals surface area contributed by atoms with E-state index in [-0.39, 0.29) is 57.0 Å². The quantitative estimate of drug-likeness (QED) is 0.435. The summed E-state index contributed by atoms with van der Waals surface area (Å²) < 4.78 is 16.5. The van der Waals surface area contributed by atoms with Crippen molar-refractivity contribution in [3.63, 3.8) is 0 Å². The van der Waals surface area contributed by atoms with Crippen LogP contribution in [0, 0.1) is 0 Å². The van der Waals surface area contributed by atoms with Gasteiger partial charge in [0.25, 0.3) is 5.91 Å². The van der Waals surface area contributed by atoms with Crippen molar-refractivity contribution >= 4 is 24.0 Å². The number of hydrogen-bond donors (Lipinski definition) is 2. The lowest BCUT2D eigenvalue weighted by Crippen LogP contribution is -2.58. The Balaban J connectivity index is 1.54. The summed E-state index contributed by atoms with van der Waals surface area (Å²) >= 11 is 0. The molecule has 1 aromatic heterocycles. The van der Waals surface area contributed by atoms with Crippen molar-refractivity contribution < 1.29 is 33.4 Å². The first kappa shape index (κ1) is 32.5. The summed E-state index contributed by atoms with van der Waals surface area (Å²) in [6.07, 6.45) is 2.78. The number of nitrogens with zero attached hydrogens (tertiary/aromatic N) is 4. The molecule has 2 aromatic rings. The summed E-state index contributed by atoms with van der Waals surface area (Å²) in [7, 11) is 0. The summed E-state index contributed by atoms with van der Waals surface area (Å²) in [5, 5.41) is 5.34. The average Bonchev–Trinajstić information content (AvgIpc) is 3.51. The van der Waals surface area contributed by atoms with E-state index in [1.54, 1.807) is 32.6 Å². The fourth-order valence-electron chi connectivity index (χ4n) is 4.97. The first-order valence-corrected chi connectivity index (χ1v) is 15.1. The molecule has 4 rings (SSSR count). The number of nitrogens with one attached hydrogen (secondary N) is 2. The molecule has 2 fully saturated rings. The molecule has 1 atom stereocenters. The Hall–Kier alpha value is -4.42. The van der Waals surface area contributed by atoms with Crippen LogP contribution in [-0.4, -0.2) is 101 Å². The molecule has 2 heterocycles. The van der Waals surface area contributed by atoms with Crippen LogP contribution in [0.15, 0.2) is 36.4 Å². The molecule has 13 heteroatoms. The van der Waals surface area contributed by atoms with Crippen LogP contribution in [0.4, 0.5) is 9.59 Å². The minimum atomic E-state index is -1.14. The van der Waals surface area contributed by atoms with Gasteiger partial charge in [-0.2, -0.15) is 4.98 Å². The van der Waals surface area contributed by atoms with Gasteiger partial charge in [0, 0.05) is 37.8 Å². The second-order valence-electron chi connectivity index (χ2n) is 11.7. The van der Waals surface area contributed by atoms with Crippen LogP contribution in [0.3, 0.4) is 0 Å². The van der Waals surface area contributed by atoms with E-state index in [1.807, 2.05) is 30.3 Å². The molecular weight excluding hydrogens is 568 g/mol. The number of hydrogen-bond acceptors (Lipinski definition) is 9. The predicted octanol–water partition coefficient (Wildman–Crippen LogP) is 3.39. The summed E-state index contributed by atoms with van der Waals surface area (Å²) in [5.41, 5.74) is -0.0213. The van der Waals surface area contributed by atoms with Gasteiger partial charge in [-0.15, -0.1) is 0 Å². The number of amides is 4. The second kappa shape index (κ2) is 14.8. The number of rotatable bonds is 9. The van der Waals surface area contributed by atoms with Crippen molar-refractivity contribution in [3.05, 3.63) is 42.1 Å². The molecule has 1 aliphatic heterocycles. The molecule has 1 saturated carbocycles. The van der Waals surface area contributed by atoms with Gasteiger partial charge < -0.3 is 34.6 Å². The third kappa shape index (κ3) is 9.29. The van der Waals surface area contributed by atoms with Gasteiger partial charge in [0.1, 0.15) is 23.4 Å². The fourth-order valence-corrected chi connectivity index (χ4v) is 4.97. The number of ether oxygens (including phenoxy) is 3. The van der Waals surface area contributed by atoms with Crippen molar-refractivity contribution in [1.29, 1.82) is 0 Å². The Morgan fingerprint density at radius 2 is 1.64 bits per heavy atom. The molecule has 1 saturated heterocycles. The third-order valence-electron chi connectivity index (χ3n) is 7.13. The van der Waals surface area contributed by atoms with Gasteiger partial charge in [0.05, 0.1) is 13.2 Å². The maximum atomic E-state index is 13.7. The van der Waals surface area contributed by atoms with E-state index in [9.17, 15) is 19.2 Å². The summed E-state index contributed by atoms with van der Waals surface area (Å²) in [6, 6.07) is 9.58. The topological polar surface area (TPSA) is 152 Å². The highest BCUT2D eigenvalue weighted by molar-refractivity contribution is 5.97. The number of alkyl carbamates (subject to hydrolysis) is 1. The molecule has 2 aliphatic rings. The highest BCUT2D eigenvalue weighted by Gasteiger charge is 2.32. The number of carbonyl (C=O) groups excluding carboxylic acids is 4. The van der Waals surface area contributed by atoms with Crippen LogP contribution in [0.5, 0.6) is 5.88 Å². The molecule has 4 amide bonds. The Labute approximate surface area is 257 Å².